The van der Waals surface area contributed by atoms with Gasteiger partial charge in [-0.25, -0.2) is 4.98 Å². The van der Waals surface area contributed by atoms with Crippen molar-refractivity contribution in [3.05, 3.63) is 29.6 Å². The van der Waals surface area contributed by atoms with E-state index in [4.69, 9.17) is 5.26 Å². The molecule has 0 aliphatic heterocycles. The number of carbonyl (C=O) groups is 1. The van der Waals surface area contributed by atoms with Crippen LogP contribution in [0.5, 0.6) is 0 Å². The average molecular weight is 232 g/mol. The first-order chi connectivity index (χ1) is 8.26. The minimum atomic E-state index is 0.0486. The van der Waals surface area contributed by atoms with Gasteiger partial charge in [0.05, 0.1) is 0 Å². The Labute approximate surface area is 101 Å². The fraction of sp³-hybridized carbons (Fsp3) is 0.417. The second kappa shape index (κ2) is 7.36. The summed E-state index contributed by atoms with van der Waals surface area (Å²) in [5.41, 5.74) is 1.40. The molecule has 0 saturated heterocycles. The number of nitriles is 1. The third kappa shape index (κ3) is 5.09. The predicted octanol–water partition coefficient (Wildman–Crippen LogP) is 0.569. The molecule has 0 unspecified atom stereocenters. The number of amides is 1. The normalized spacial score (nSPS) is 9.65. The predicted molar refractivity (Wildman–Crippen MR) is 64.0 cm³/mol. The van der Waals surface area contributed by atoms with E-state index in [0.29, 0.717) is 31.7 Å². The molecule has 0 atom stereocenters. The molecule has 0 aromatic carbocycles. The van der Waals surface area contributed by atoms with Crippen molar-refractivity contribution in [2.45, 2.75) is 19.9 Å². The largest absolute Gasteiger partial charge is 0.356 e. The lowest BCUT2D eigenvalue weighted by Gasteiger charge is -2.05. The lowest BCUT2D eigenvalue weighted by Crippen LogP contribution is -2.27. The Hall–Kier alpha value is -1.93. The molecule has 0 aliphatic rings. The summed E-state index contributed by atoms with van der Waals surface area (Å²) in [5.74, 6) is 0.0486. The molecule has 2 N–H and O–H groups in total. The number of nitrogens with zero attached hydrogens (tertiary/aromatic N) is 2. The van der Waals surface area contributed by atoms with Gasteiger partial charge >= 0.3 is 0 Å². The molecule has 1 amide bonds. The third-order valence-corrected chi connectivity index (χ3v) is 2.17. The molecule has 1 heterocycles. The summed E-state index contributed by atoms with van der Waals surface area (Å²) in [5, 5.41) is 14.6. The first-order valence-electron chi connectivity index (χ1n) is 5.58. The van der Waals surface area contributed by atoms with Crippen LogP contribution in [0.25, 0.3) is 0 Å². The van der Waals surface area contributed by atoms with Crippen LogP contribution >= 0.6 is 0 Å². The lowest BCUT2D eigenvalue weighted by atomic mass is 10.2. The molecule has 1 rings (SSSR count). The van der Waals surface area contributed by atoms with E-state index in [1.54, 1.807) is 12.3 Å². The molecule has 0 saturated carbocycles. The zero-order chi connectivity index (χ0) is 12.5. The van der Waals surface area contributed by atoms with Crippen molar-refractivity contribution >= 4 is 5.91 Å². The number of hydrogen-bond donors (Lipinski definition) is 2. The zero-order valence-corrected chi connectivity index (χ0v) is 9.86. The Morgan fingerprint density at radius 1 is 1.59 bits per heavy atom. The Morgan fingerprint density at radius 2 is 2.41 bits per heavy atom. The molecule has 1 aromatic rings. The third-order valence-electron chi connectivity index (χ3n) is 2.17. The van der Waals surface area contributed by atoms with E-state index in [2.05, 4.69) is 15.6 Å². The van der Waals surface area contributed by atoms with E-state index in [1.165, 1.54) is 0 Å². The minimum Gasteiger partial charge on any atom is -0.356 e. The summed E-state index contributed by atoms with van der Waals surface area (Å²) in [6.45, 7) is 3.81. The number of nitrogens with one attached hydrogen (secondary N) is 2. The highest BCUT2D eigenvalue weighted by Crippen LogP contribution is 2.00. The van der Waals surface area contributed by atoms with Crippen LogP contribution in [0.1, 0.15) is 24.6 Å². The topological polar surface area (TPSA) is 77.8 Å². The second-order valence-electron chi connectivity index (χ2n) is 3.54. The van der Waals surface area contributed by atoms with Crippen LogP contribution in [0, 0.1) is 11.3 Å². The van der Waals surface area contributed by atoms with Gasteiger partial charge in [-0.05, 0) is 24.6 Å². The van der Waals surface area contributed by atoms with Gasteiger partial charge in [-0.1, -0.05) is 0 Å². The van der Waals surface area contributed by atoms with Gasteiger partial charge < -0.3 is 10.6 Å². The molecule has 0 fully saturated rings. The molecule has 90 valence electrons. The first kappa shape index (κ1) is 13.1. The summed E-state index contributed by atoms with van der Waals surface area (Å²) in [7, 11) is 0. The summed E-state index contributed by atoms with van der Waals surface area (Å²) in [6.07, 6.45) is 2.07. The van der Waals surface area contributed by atoms with Crippen molar-refractivity contribution < 1.29 is 4.79 Å². The summed E-state index contributed by atoms with van der Waals surface area (Å²) < 4.78 is 0. The Morgan fingerprint density at radius 3 is 3.12 bits per heavy atom. The van der Waals surface area contributed by atoms with Crippen molar-refractivity contribution in [1.29, 1.82) is 5.26 Å². The van der Waals surface area contributed by atoms with Crippen molar-refractivity contribution in [3.8, 4) is 6.07 Å². The maximum atomic E-state index is 11.2. The van der Waals surface area contributed by atoms with Crippen LogP contribution in [-0.4, -0.2) is 24.0 Å². The molecular formula is C12H16N4O. The van der Waals surface area contributed by atoms with Gasteiger partial charge in [0.2, 0.25) is 5.91 Å². The summed E-state index contributed by atoms with van der Waals surface area (Å²) in [4.78, 5) is 15.0. The van der Waals surface area contributed by atoms with Crippen molar-refractivity contribution in [1.82, 2.24) is 15.6 Å². The van der Waals surface area contributed by atoms with Crippen molar-refractivity contribution in [3.63, 3.8) is 0 Å². The van der Waals surface area contributed by atoms with Crippen LogP contribution < -0.4 is 10.6 Å². The maximum Gasteiger partial charge on any atom is 0.221 e. The van der Waals surface area contributed by atoms with Gasteiger partial charge in [-0.2, -0.15) is 5.26 Å². The Bertz CT molecular complexity index is 411. The highest BCUT2D eigenvalue weighted by Gasteiger charge is 1.99. The van der Waals surface area contributed by atoms with Gasteiger partial charge in [-0.3, -0.25) is 4.79 Å². The number of rotatable bonds is 6. The standard InChI is InChI=1S/C12H16N4O/c1-2-15-12(17)4-5-14-9-10-3-6-16-11(7-10)8-13/h3,6-7,14H,2,4-5,9H2,1H3,(H,15,17). The minimum absolute atomic E-state index is 0.0486. The number of carbonyl (C=O) groups excluding carboxylic acids is 1. The molecule has 1 aromatic heterocycles. The molecule has 0 aliphatic carbocycles. The average Bonchev–Trinajstić information content (AvgIpc) is 2.35. The SMILES string of the molecule is CCNC(=O)CCNCc1ccnc(C#N)c1. The summed E-state index contributed by atoms with van der Waals surface area (Å²) >= 11 is 0. The monoisotopic (exact) mass is 232 g/mol. The molecular weight excluding hydrogens is 216 g/mol. The lowest BCUT2D eigenvalue weighted by molar-refractivity contribution is -0.120. The Balaban J connectivity index is 2.27. The van der Waals surface area contributed by atoms with Crippen LogP contribution in [0.2, 0.25) is 0 Å². The van der Waals surface area contributed by atoms with E-state index < -0.39 is 0 Å². The molecule has 5 nitrogen and oxygen atoms in total. The van der Waals surface area contributed by atoms with Gasteiger partial charge in [0, 0.05) is 32.3 Å². The van der Waals surface area contributed by atoms with E-state index in [9.17, 15) is 4.79 Å². The van der Waals surface area contributed by atoms with Crippen LogP contribution in [0.15, 0.2) is 18.3 Å². The molecule has 0 spiro atoms. The number of pyridine rings is 1. The van der Waals surface area contributed by atoms with Gasteiger partial charge in [0.1, 0.15) is 11.8 Å². The first-order valence-corrected chi connectivity index (χ1v) is 5.58. The number of aromatic nitrogens is 1. The molecule has 5 heteroatoms. The van der Waals surface area contributed by atoms with Crippen LogP contribution in [0.3, 0.4) is 0 Å². The molecule has 0 radical (unpaired) electrons. The van der Waals surface area contributed by atoms with E-state index in [-0.39, 0.29) is 5.91 Å². The van der Waals surface area contributed by atoms with Crippen molar-refractivity contribution in [2.24, 2.45) is 0 Å². The fourth-order valence-electron chi connectivity index (χ4n) is 1.37. The quantitative estimate of drug-likeness (QED) is 0.703. The highest BCUT2D eigenvalue weighted by atomic mass is 16.1. The van der Waals surface area contributed by atoms with Crippen molar-refractivity contribution in [2.75, 3.05) is 13.1 Å². The van der Waals surface area contributed by atoms with Crippen LogP contribution in [-0.2, 0) is 11.3 Å². The second-order valence-corrected chi connectivity index (χ2v) is 3.54. The van der Waals surface area contributed by atoms with Gasteiger partial charge in [0.15, 0.2) is 0 Å². The number of hydrogen-bond acceptors (Lipinski definition) is 4. The Kier molecular flexibility index (Phi) is 5.69. The highest BCUT2D eigenvalue weighted by molar-refractivity contribution is 5.75. The smallest absolute Gasteiger partial charge is 0.221 e. The molecule has 17 heavy (non-hydrogen) atoms. The van der Waals surface area contributed by atoms with Crippen LogP contribution in [0.4, 0.5) is 0 Å². The van der Waals surface area contributed by atoms with E-state index in [0.717, 1.165) is 5.56 Å². The zero-order valence-electron chi connectivity index (χ0n) is 9.86. The summed E-state index contributed by atoms with van der Waals surface area (Å²) in [6, 6.07) is 5.57. The van der Waals surface area contributed by atoms with E-state index in [1.807, 2.05) is 19.1 Å². The maximum absolute atomic E-state index is 11.2. The fourth-order valence-corrected chi connectivity index (χ4v) is 1.37. The molecule has 0 bridgehead atoms. The van der Waals surface area contributed by atoms with Gasteiger partial charge in [0.25, 0.3) is 0 Å². The van der Waals surface area contributed by atoms with Gasteiger partial charge in [-0.15, -0.1) is 0 Å². The van der Waals surface area contributed by atoms with E-state index >= 15 is 0 Å².